The van der Waals surface area contributed by atoms with Gasteiger partial charge < -0.3 is 11.1 Å². The molecular formula is C13H22N4O. The van der Waals surface area contributed by atoms with E-state index in [4.69, 9.17) is 5.73 Å². The van der Waals surface area contributed by atoms with Crippen LogP contribution in [0.25, 0.3) is 0 Å². The van der Waals surface area contributed by atoms with Crippen LogP contribution in [0.3, 0.4) is 0 Å². The minimum Gasteiger partial charge on any atom is -0.351 e. The average Bonchev–Trinajstić information content (AvgIpc) is 3.01. The van der Waals surface area contributed by atoms with Gasteiger partial charge in [-0.2, -0.15) is 5.10 Å². The van der Waals surface area contributed by atoms with Gasteiger partial charge in [0.15, 0.2) is 0 Å². The molecule has 3 N–H and O–H groups in total. The number of amides is 1. The van der Waals surface area contributed by atoms with E-state index >= 15 is 0 Å². The van der Waals surface area contributed by atoms with Crippen molar-refractivity contribution in [1.82, 2.24) is 15.1 Å². The number of nitrogens with two attached hydrogens (primary N) is 1. The summed E-state index contributed by atoms with van der Waals surface area (Å²) < 4.78 is 1.69. The van der Waals surface area contributed by atoms with Crippen molar-refractivity contribution in [3.05, 3.63) is 17.5 Å². The lowest BCUT2D eigenvalue weighted by atomic mass is 10.0. The molecule has 1 heterocycles. The molecule has 0 saturated heterocycles. The summed E-state index contributed by atoms with van der Waals surface area (Å²) in [4.78, 5) is 12.1. The number of carbonyl (C=O) groups is 1. The van der Waals surface area contributed by atoms with Crippen LogP contribution in [0.15, 0.2) is 6.20 Å². The third-order valence-electron chi connectivity index (χ3n) is 3.74. The smallest absolute Gasteiger partial charge is 0.254 e. The second kappa shape index (κ2) is 5.10. The number of rotatable bonds is 6. The maximum atomic E-state index is 12.1. The Hall–Kier alpha value is -1.36. The molecule has 0 unspecified atom stereocenters. The molecule has 0 atom stereocenters. The molecule has 1 amide bonds. The summed E-state index contributed by atoms with van der Waals surface area (Å²) in [7, 11) is 1.84. The molecule has 1 aliphatic rings. The van der Waals surface area contributed by atoms with E-state index in [2.05, 4.69) is 10.4 Å². The van der Waals surface area contributed by atoms with Crippen LogP contribution in [0.4, 0.5) is 0 Å². The minimum absolute atomic E-state index is 0.0109. The predicted octanol–water partition coefficient (Wildman–Crippen LogP) is 0.841. The van der Waals surface area contributed by atoms with Crippen LogP contribution in [-0.2, 0) is 13.5 Å². The maximum Gasteiger partial charge on any atom is 0.254 e. The molecule has 5 heteroatoms. The van der Waals surface area contributed by atoms with Crippen LogP contribution in [-0.4, -0.2) is 28.8 Å². The zero-order chi connectivity index (χ0) is 13.2. The standard InChI is InChI=1S/C13H22N4O/c1-3-11-10(8-17(2)16-11)12(18)15-9-13(4-5-13)6-7-14/h8H,3-7,9,14H2,1-2H3,(H,15,18). The van der Waals surface area contributed by atoms with E-state index in [1.165, 1.54) is 12.8 Å². The molecule has 18 heavy (non-hydrogen) atoms. The van der Waals surface area contributed by atoms with E-state index in [9.17, 15) is 4.79 Å². The number of hydrogen-bond acceptors (Lipinski definition) is 3. The van der Waals surface area contributed by atoms with E-state index in [1.807, 2.05) is 14.0 Å². The first kappa shape index (κ1) is 13.1. The zero-order valence-corrected chi connectivity index (χ0v) is 11.2. The molecule has 5 nitrogen and oxygen atoms in total. The van der Waals surface area contributed by atoms with Crippen LogP contribution in [0.1, 0.15) is 42.2 Å². The Morgan fingerprint density at radius 3 is 2.89 bits per heavy atom. The van der Waals surface area contributed by atoms with Gasteiger partial charge in [0.1, 0.15) is 0 Å². The molecular weight excluding hydrogens is 228 g/mol. The fourth-order valence-corrected chi connectivity index (χ4v) is 2.35. The Bertz CT molecular complexity index is 434. The Kier molecular flexibility index (Phi) is 3.71. The first-order valence-electron chi connectivity index (χ1n) is 6.61. The Labute approximate surface area is 108 Å². The number of aromatic nitrogens is 2. The molecule has 0 spiro atoms. The highest BCUT2D eigenvalue weighted by atomic mass is 16.1. The Balaban J connectivity index is 1.95. The number of carbonyl (C=O) groups excluding carboxylic acids is 1. The molecule has 1 aliphatic carbocycles. The lowest BCUT2D eigenvalue weighted by Gasteiger charge is -2.14. The maximum absolute atomic E-state index is 12.1. The van der Waals surface area contributed by atoms with Gasteiger partial charge in [0.25, 0.3) is 5.91 Å². The van der Waals surface area contributed by atoms with E-state index in [-0.39, 0.29) is 11.3 Å². The number of aryl methyl sites for hydroxylation is 2. The quantitative estimate of drug-likeness (QED) is 0.786. The van der Waals surface area contributed by atoms with Gasteiger partial charge in [0.05, 0.1) is 11.3 Å². The van der Waals surface area contributed by atoms with Gasteiger partial charge in [-0.05, 0) is 37.6 Å². The van der Waals surface area contributed by atoms with E-state index < -0.39 is 0 Å². The molecule has 100 valence electrons. The van der Waals surface area contributed by atoms with Crippen molar-refractivity contribution < 1.29 is 4.79 Å². The predicted molar refractivity (Wildman–Crippen MR) is 70.3 cm³/mol. The molecule has 0 aromatic carbocycles. The highest BCUT2D eigenvalue weighted by Crippen LogP contribution is 2.47. The summed E-state index contributed by atoms with van der Waals surface area (Å²) in [5.74, 6) is -0.0109. The summed E-state index contributed by atoms with van der Waals surface area (Å²) in [6.07, 6.45) is 5.92. The van der Waals surface area contributed by atoms with E-state index in [1.54, 1.807) is 10.9 Å². The van der Waals surface area contributed by atoms with E-state index in [0.29, 0.717) is 12.1 Å². The SMILES string of the molecule is CCc1nn(C)cc1C(=O)NCC1(CCN)CC1. The van der Waals surface area contributed by atoms with Crippen LogP contribution >= 0.6 is 0 Å². The van der Waals surface area contributed by atoms with Crippen molar-refractivity contribution in [2.45, 2.75) is 32.6 Å². The van der Waals surface area contributed by atoms with Gasteiger partial charge in [0, 0.05) is 19.8 Å². The third kappa shape index (κ3) is 2.72. The summed E-state index contributed by atoms with van der Waals surface area (Å²) in [5.41, 5.74) is 7.43. The molecule has 1 saturated carbocycles. The van der Waals surface area contributed by atoms with Gasteiger partial charge >= 0.3 is 0 Å². The van der Waals surface area contributed by atoms with Gasteiger partial charge in [-0.25, -0.2) is 0 Å². The first-order valence-corrected chi connectivity index (χ1v) is 6.61. The third-order valence-corrected chi connectivity index (χ3v) is 3.74. The fraction of sp³-hybridized carbons (Fsp3) is 0.692. The van der Waals surface area contributed by atoms with Gasteiger partial charge in [-0.1, -0.05) is 6.92 Å². The van der Waals surface area contributed by atoms with E-state index in [0.717, 1.165) is 25.1 Å². The van der Waals surface area contributed by atoms with Crippen molar-refractivity contribution >= 4 is 5.91 Å². The minimum atomic E-state index is -0.0109. The van der Waals surface area contributed by atoms with Crippen LogP contribution in [0.2, 0.25) is 0 Å². The van der Waals surface area contributed by atoms with Gasteiger partial charge in [-0.3, -0.25) is 9.48 Å². The molecule has 1 aromatic rings. The van der Waals surface area contributed by atoms with Crippen LogP contribution in [0.5, 0.6) is 0 Å². The largest absolute Gasteiger partial charge is 0.351 e. The molecule has 1 aromatic heterocycles. The summed E-state index contributed by atoms with van der Waals surface area (Å²) in [6, 6.07) is 0. The average molecular weight is 250 g/mol. The van der Waals surface area contributed by atoms with Crippen LogP contribution < -0.4 is 11.1 Å². The van der Waals surface area contributed by atoms with Crippen molar-refractivity contribution in [1.29, 1.82) is 0 Å². The Morgan fingerprint density at radius 1 is 1.61 bits per heavy atom. The Morgan fingerprint density at radius 2 is 2.33 bits per heavy atom. The molecule has 0 radical (unpaired) electrons. The monoisotopic (exact) mass is 250 g/mol. The topological polar surface area (TPSA) is 72.9 Å². The molecule has 2 rings (SSSR count). The summed E-state index contributed by atoms with van der Waals surface area (Å²) in [6.45, 7) is 3.44. The van der Waals surface area contributed by atoms with Gasteiger partial charge in [0.2, 0.25) is 0 Å². The second-order valence-electron chi connectivity index (χ2n) is 5.24. The molecule has 0 bridgehead atoms. The fourth-order valence-electron chi connectivity index (χ4n) is 2.35. The lowest BCUT2D eigenvalue weighted by molar-refractivity contribution is 0.0943. The highest BCUT2D eigenvalue weighted by Gasteiger charge is 2.41. The number of nitrogens with one attached hydrogen (secondary N) is 1. The van der Waals surface area contributed by atoms with Crippen molar-refractivity contribution in [3.63, 3.8) is 0 Å². The second-order valence-corrected chi connectivity index (χ2v) is 5.24. The lowest BCUT2D eigenvalue weighted by Crippen LogP contribution is -2.31. The number of hydrogen-bond donors (Lipinski definition) is 2. The first-order chi connectivity index (χ1) is 8.60. The van der Waals surface area contributed by atoms with Crippen LogP contribution in [0, 0.1) is 5.41 Å². The summed E-state index contributed by atoms with van der Waals surface area (Å²) >= 11 is 0. The summed E-state index contributed by atoms with van der Waals surface area (Å²) in [5, 5.41) is 7.31. The zero-order valence-electron chi connectivity index (χ0n) is 11.2. The molecule has 0 aliphatic heterocycles. The van der Waals surface area contributed by atoms with Crippen molar-refractivity contribution in [3.8, 4) is 0 Å². The highest BCUT2D eigenvalue weighted by molar-refractivity contribution is 5.95. The normalized spacial score (nSPS) is 16.6. The van der Waals surface area contributed by atoms with Crippen molar-refractivity contribution in [2.75, 3.05) is 13.1 Å². The van der Waals surface area contributed by atoms with Crippen molar-refractivity contribution in [2.24, 2.45) is 18.2 Å². The number of nitrogens with zero attached hydrogens (tertiary/aromatic N) is 2. The molecule has 1 fully saturated rings. The van der Waals surface area contributed by atoms with Gasteiger partial charge in [-0.15, -0.1) is 0 Å².